The summed E-state index contributed by atoms with van der Waals surface area (Å²) in [7, 11) is 0. The fourth-order valence-corrected chi connectivity index (χ4v) is 2.66. The van der Waals surface area contributed by atoms with Crippen molar-refractivity contribution in [2.45, 2.75) is 26.7 Å². The number of hydrogen-bond donors (Lipinski definition) is 0. The number of carbonyl (C=O) groups is 1. The molecule has 4 heteroatoms. The summed E-state index contributed by atoms with van der Waals surface area (Å²) in [5.41, 5.74) is 0. The number of benzene rings is 1. The monoisotopic (exact) mass is 304 g/mol. The lowest BCUT2D eigenvalue weighted by Crippen LogP contribution is -2.10. The van der Waals surface area contributed by atoms with Crippen LogP contribution in [0.15, 0.2) is 36.4 Å². The average Bonchev–Trinajstić information content (AvgIpc) is 3.00. The molecule has 0 bridgehead atoms. The van der Waals surface area contributed by atoms with Crippen LogP contribution in [0.1, 0.15) is 34.8 Å². The molecule has 112 valence electrons. The lowest BCUT2D eigenvalue weighted by molar-refractivity contribution is 0.0925. The van der Waals surface area contributed by atoms with Crippen LogP contribution in [0.2, 0.25) is 0 Å². The number of ketones is 1. The third-order valence-corrected chi connectivity index (χ3v) is 4.22. The number of thiophene rings is 1. The van der Waals surface area contributed by atoms with Crippen molar-refractivity contribution in [3.05, 3.63) is 46.2 Å². The predicted molar refractivity (Wildman–Crippen MR) is 85.8 cm³/mol. The molecule has 2 rings (SSSR count). The fraction of sp³-hybridized carbons (Fsp3) is 0.353. The Morgan fingerprint density at radius 1 is 1.00 bits per heavy atom. The van der Waals surface area contributed by atoms with Gasteiger partial charge in [0.25, 0.3) is 0 Å². The molecule has 0 radical (unpaired) electrons. The molecule has 0 amide bonds. The topological polar surface area (TPSA) is 35.5 Å². The van der Waals surface area contributed by atoms with E-state index in [0.29, 0.717) is 12.4 Å². The van der Waals surface area contributed by atoms with E-state index in [2.05, 4.69) is 13.8 Å². The lowest BCUT2D eigenvalue weighted by Gasteiger charge is -2.07. The molecule has 1 heterocycles. The quantitative estimate of drug-likeness (QED) is 0.680. The van der Waals surface area contributed by atoms with E-state index in [1.165, 1.54) is 16.2 Å². The van der Waals surface area contributed by atoms with Crippen molar-refractivity contribution in [3.63, 3.8) is 0 Å². The smallest absolute Gasteiger partial charge is 0.210 e. The zero-order valence-electron chi connectivity index (χ0n) is 12.4. The van der Waals surface area contributed by atoms with Crippen LogP contribution < -0.4 is 9.47 Å². The van der Waals surface area contributed by atoms with E-state index in [4.69, 9.17) is 9.47 Å². The fourth-order valence-electron chi connectivity index (χ4n) is 1.79. The first-order valence-electron chi connectivity index (χ1n) is 7.20. The second-order valence-electron chi connectivity index (χ2n) is 4.65. The molecule has 1 aromatic carbocycles. The van der Waals surface area contributed by atoms with Gasteiger partial charge in [-0.3, -0.25) is 4.79 Å². The predicted octanol–water partition coefficient (Wildman–Crippen LogP) is 4.36. The van der Waals surface area contributed by atoms with Crippen molar-refractivity contribution in [1.82, 2.24) is 0 Å². The number of ether oxygens (including phenoxy) is 2. The van der Waals surface area contributed by atoms with Crippen LogP contribution in [-0.4, -0.2) is 19.0 Å². The van der Waals surface area contributed by atoms with Gasteiger partial charge in [-0.25, -0.2) is 0 Å². The summed E-state index contributed by atoms with van der Waals surface area (Å²) >= 11 is 1.54. The molecular weight excluding hydrogens is 284 g/mol. The molecule has 0 fully saturated rings. The number of Topliss-reactive ketones (excluding diaryl/α,β-unsaturated/α-hetero) is 1. The van der Waals surface area contributed by atoms with Crippen LogP contribution in [-0.2, 0) is 6.42 Å². The highest BCUT2D eigenvalue weighted by Gasteiger charge is 2.09. The summed E-state index contributed by atoms with van der Waals surface area (Å²) in [4.78, 5) is 14.0. The highest BCUT2D eigenvalue weighted by molar-refractivity contribution is 7.14. The highest BCUT2D eigenvalue weighted by Crippen LogP contribution is 2.20. The molecule has 21 heavy (non-hydrogen) atoms. The van der Waals surface area contributed by atoms with Gasteiger partial charge in [0.1, 0.15) is 11.5 Å². The summed E-state index contributed by atoms with van der Waals surface area (Å²) in [5, 5.41) is 0. The summed E-state index contributed by atoms with van der Waals surface area (Å²) in [6.07, 6.45) is 1.94. The number of carbonyl (C=O) groups excluding carboxylic acids is 1. The Hall–Kier alpha value is -1.81. The Morgan fingerprint density at radius 3 is 2.24 bits per heavy atom. The maximum Gasteiger partial charge on any atom is 0.210 e. The summed E-state index contributed by atoms with van der Waals surface area (Å²) in [6.45, 7) is 4.92. The van der Waals surface area contributed by atoms with E-state index in [-0.39, 0.29) is 12.4 Å². The van der Waals surface area contributed by atoms with Crippen molar-refractivity contribution in [3.8, 4) is 11.5 Å². The maximum absolute atomic E-state index is 12.0. The Morgan fingerprint density at radius 2 is 1.67 bits per heavy atom. The van der Waals surface area contributed by atoms with Crippen LogP contribution in [0.3, 0.4) is 0 Å². The van der Waals surface area contributed by atoms with Gasteiger partial charge in [-0.1, -0.05) is 13.8 Å². The number of rotatable bonds is 8. The molecule has 0 spiro atoms. The van der Waals surface area contributed by atoms with E-state index in [1.807, 2.05) is 36.4 Å². The molecule has 0 N–H and O–H groups in total. The minimum Gasteiger partial charge on any atom is -0.494 e. The van der Waals surface area contributed by atoms with E-state index in [0.717, 1.165) is 23.5 Å². The van der Waals surface area contributed by atoms with Gasteiger partial charge in [0.15, 0.2) is 6.61 Å². The molecule has 0 saturated heterocycles. The van der Waals surface area contributed by atoms with Crippen LogP contribution in [0.4, 0.5) is 0 Å². The van der Waals surface area contributed by atoms with Crippen LogP contribution >= 0.6 is 11.3 Å². The second kappa shape index (κ2) is 7.84. The molecule has 1 aromatic heterocycles. The van der Waals surface area contributed by atoms with Crippen molar-refractivity contribution in [2.24, 2.45) is 0 Å². The van der Waals surface area contributed by atoms with Gasteiger partial charge in [0.2, 0.25) is 5.78 Å². The maximum atomic E-state index is 12.0. The zero-order valence-corrected chi connectivity index (χ0v) is 13.2. The largest absolute Gasteiger partial charge is 0.494 e. The highest BCUT2D eigenvalue weighted by atomic mass is 32.1. The van der Waals surface area contributed by atoms with Crippen molar-refractivity contribution in [1.29, 1.82) is 0 Å². The molecule has 0 aliphatic rings. The number of hydrogen-bond acceptors (Lipinski definition) is 4. The first kappa shape index (κ1) is 15.6. The molecule has 3 nitrogen and oxygen atoms in total. The molecule has 0 aliphatic carbocycles. The van der Waals surface area contributed by atoms with E-state index >= 15 is 0 Å². The minimum atomic E-state index is 0.0195. The van der Waals surface area contributed by atoms with Gasteiger partial charge in [0, 0.05) is 4.88 Å². The zero-order chi connectivity index (χ0) is 15.1. The first-order chi connectivity index (χ1) is 10.2. The van der Waals surface area contributed by atoms with Crippen LogP contribution in [0.5, 0.6) is 11.5 Å². The van der Waals surface area contributed by atoms with E-state index in [9.17, 15) is 4.79 Å². The SMILES string of the molecule is CCCOc1ccc(OCC(=O)c2ccc(CC)s2)cc1. The lowest BCUT2D eigenvalue weighted by atomic mass is 10.3. The molecule has 0 aliphatic heterocycles. The molecule has 0 unspecified atom stereocenters. The number of aryl methyl sites for hydroxylation is 1. The second-order valence-corrected chi connectivity index (χ2v) is 5.82. The van der Waals surface area contributed by atoms with Crippen LogP contribution in [0.25, 0.3) is 0 Å². The first-order valence-corrected chi connectivity index (χ1v) is 8.02. The van der Waals surface area contributed by atoms with Crippen LogP contribution in [0, 0.1) is 0 Å². The summed E-state index contributed by atoms with van der Waals surface area (Å²) < 4.78 is 11.0. The van der Waals surface area contributed by atoms with Gasteiger partial charge in [-0.05, 0) is 49.2 Å². The standard InChI is InChI=1S/C17H20O3S/c1-3-11-19-13-5-7-14(8-6-13)20-12-16(18)17-10-9-15(4-2)21-17/h5-10H,3-4,11-12H2,1-2H3. The van der Waals surface area contributed by atoms with E-state index in [1.54, 1.807) is 0 Å². The molecular formula is C17H20O3S. The molecule has 2 aromatic rings. The average molecular weight is 304 g/mol. The van der Waals surface area contributed by atoms with E-state index < -0.39 is 0 Å². The van der Waals surface area contributed by atoms with Crippen molar-refractivity contribution >= 4 is 17.1 Å². The summed E-state index contributed by atoms with van der Waals surface area (Å²) in [5.74, 6) is 1.52. The van der Waals surface area contributed by atoms with Gasteiger partial charge in [-0.15, -0.1) is 11.3 Å². The van der Waals surface area contributed by atoms with Gasteiger partial charge in [-0.2, -0.15) is 0 Å². The van der Waals surface area contributed by atoms with Gasteiger partial charge in [0.05, 0.1) is 11.5 Å². The Kier molecular flexibility index (Phi) is 5.81. The molecule has 0 atom stereocenters. The van der Waals surface area contributed by atoms with Crippen molar-refractivity contribution in [2.75, 3.05) is 13.2 Å². The third kappa shape index (κ3) is 4.60. The third-order valence-electron chi connectivity index (χ3n) is 2.95. The molecule has 0 saturated carbocycles. The Labute approximate surface area is 129 Å². The summed E-state index contributed by atoms with van der Waals surface area (Å²) in [6, 6.07) is 11.2. The van der Waals surface area contributed by atoms with Gasteiger partial charge < -0.3 is 9.47 Å². The normalized spacial score (nSPS) is 10.4. The Bertz CT molecular complexity index is 572. The Balaban J connectivity index is 1.86. The minimum absolute atomic E-state index is 0.0195. The van der Waals surface area contributed by atoms with Gasteiger partial charge >= 0.3 is 0 Å². The van der Waals surface area contributed by atoms with Crippen molar-refractivity contribution < 1.29 is 14.3 Å².